The lowest BCUT2D eigenvalue weighted by atomic mass is 10.1. The highest BCUT2D eigenvalue weighted by atomic mass is 16.1. The van der Waals surface area contributed by atoms with Gasteiger partial charge >= 0.3 is 0 Å². The number of nitrogens with two attached hydrogens (primary N) is 1. The van der Waals surface area contributed by atoms with Crippen molar-refractivity contribution < 1.29 is 4.79 Å². The fourth-order valence-electron chi connectivity index (χ4n) is 2.14. The number of primary amides is 1. The Balaban J connectivity index is 3.26. The van der Waals surface area contributed by atoms with Crippen LogP contribution in [0.25, 0.3) is 0 Å². The van der Waals surface area contributed by atoms with Gasteiger partial charge in [0.1, 0.15) is 0 Å². The van der Waals surface area contributed by atoms with Gasteiger partial charge in [0.2, 0.25) is 5.91 Å². The quantitative estimate of drug-likeness (QED) is 0.278. The Labute approximate surface area is 125 Å². The molecule has 2 nitrogen and oxygen atoms in total. The van der Waals surface area contributed by atoms with E-state index in [1.807, 2.05) is 6.08 Å². The molecule has 0 bridgehead atoms. The summed E-state index contributed by atoms with van der Waals surface area (Å²) in [4.78, 5) is 10.8. The van der Waals surface area contributed by atoms with Gasteiger partial charge in [-0.25, -0.2) is 0 Å². The zero-order valence-corrected chi connectivity index (χ0v) is 13.5. The van der Waals surface area contributed by atoms with E-state index in [2.05, 4.69) is 13.0 Å². The van der Waals surface area contributed by atoms with Crippen LogP contribution in [0.5, 0.6) is 0 Å². The van der Waals surface area contributed by atoms with E-state index < -0.39 is 0 Å². The highest BCUT2D eigenvalue weighted by Crippen LogP contribution is 2.11. The molecule has 2 heteroatoms. The fourth-order valence-corrected chi connectivity index (χ4v) is 2.14. The molecule has 0 spiro atoms. The molecule has 0 aliphatic heterocycles. The van der Waals surface area contributed by atoms with Crippen molar-refractivity contribution in [3.63, 3.8) is 0 Å². The lowest BCUT2D eigenvalue weighted by Crippen LogP contribution is -2.11. The summed E-state index contributed by atoms with van der Waals surface area (Å²) in [5.74, 6) is -0.339. The van der Waals surface area contributed by atoms with Crippen molar-refractivity contribution in [2.75, 3.05) is 0 Å². The van der Waals surface area contributed by atoms with Crippen LogP contribution in [0.2, 0.25) is 0 Å². The van der Waals surface area contributed by atoms with Crippen molar-refractivity contribution in [3.8, 4) is 0 Å². The van der Waals surface area contributed by atoms with Crippen molar-refractivity contribution in [2.45, 2.75) is 84.5 Å². The Morgan fingerprint density at radius 1 is 0.900 bits per heavy atom. The lowest BCUT2D eigenvalue weighted by molar-refractivity contribution is -0.114. The van der Waals surface area contributed by atoms with Crippen LogP contribution in [-0.2, 0) is 4.79 Å². The molecular formula is C18H33NO. The highest BCUT2D eigenvalue weighted by Gasteiger charge is 1.93. The predicted octanol–water partition coefficient (Wildman–Crippen LogP) is 5.29. The van der Waals surface area contributed by atoms with Crippen molar-refractivity contribution >= 4 is 5.91 Å². The van der Waals surface area contributed by atoms with Gasteiger partial charge in [0.05, 0.1) is 0 Å². The van der Waals surface area contributed by atoms with E-state index in [1.54, 1.807) is 13.0 Å². The molecule has 0 aromatic rings. The van der Waals surface area contributed by atoms with Crippen LogP contribution in [0.1, 0.15) is 84.5 Å². The normalized spacial score (nSPS) is 12.2. The molecule has 20 heavy (non-hydrogen) atoms. The monoisotopic (exact) mass is 279 g/mol. The highest BCUT2D eigenvalue weighted by molar-refractivity contribution is 5.91. The smallest absolute Gasteiger partial charge is 0.244 e. The molecule has 0 fully saturated rings. The summed E-state index contributed by atoms with van der Waals surface area (Å²) in [7, 11) is 0. The molecule has 1 amide bonds. The van der Waals surface area contributed by atoms with E-state index in [0.29, 0.717) is 5.57 Å². The number of carbonyl (C=O) groups is 1. The second kappa shape index (κ2) is 14.4. The number of carbonyl (C=O) groups excluding carboxylic acids is 1. The van der Waals surface area contributed by atoms with Crippen molar-refractivity contribution in [1.29, 1.82) is 0 Å². The first kappa shape index (κ1) is 18.9. The van der Waals surface area contributed by atoms with Gasteiger partial charge in [0.15, 0.2) is 0 Å². The van der Waals surface area contributed by atoms with E-state index in [0.717, 1.165) is 6.42 Å². The molecule has 0 saturated carbocycles. The predicted molar refractivity (Wildman–Crippen MR) is 88.6 cm³/mol. The summed E-state index contributed by atoms with van der Waals surface area (Å²) in [6.45, 7) is 4.01. The average molecular weight is 279 g/mol. The first-order valence-electron chi connectivity index (χ1n) is 8.31. The van der Waals surface area contributed by atoms with Gasteiger partial charge in [-0.05, 0) is 19.8 Å². The zero-order chi connectivity index (χ0) is 15.1. The van der Waals surface area contributed by atoms with Gasteiger partial charge in [-0.2, -0.15) is 0 Å². The van der Waals surface area contributed by atoms with Crippen LogP contribution in [0.4, 0.5) is 0 Å². The maximum absolute atomic E-state index is 10.8. The first-order valence-corrected chi connectivity index (χ1v) is 8.31. The standard InChI is InChI=1S/C18H33NO/c1-3-4-5-6-7-8-9-10-11-12-13-14-15-16-17(2)18(19)20/h14-16H,3-13H2,1-2H3,(H2,19,20)/b15-14+,17-16+. The lowest BCUT2D eigenvalue weighted by Gasteiger charge is -2.01. The maximum atomic E-state index is 10.8. The fraction of sp³-hybridized carbons (Fsp3) is 0.722. The summed E-state index contributed by atoms with van der Waals surface area (Å²) in [6, 6.07) is 0. The van der Waals surface area contributed by atoms with Crippen LogP contribution in [0, 0.1) is 0 Å². The summed E-state index contributed by atoms with van der Waals surface area (Å²) in [6.07, 6.45) is 20.6. The second-order valence-electron chi connectivity index (χ2n) is 5.61. The number of amides is 1. The molecule has 0 aliphatic carbocycles. The average Bonchev–Trinajstić information content (AvgIpc) is 2.43. The van der Waals surface area contributed by atoms with E-state index in [1.165, 1.54) is 64.2 Å². The van der Waals surface area contributed by atoms with Crippen molar-refractivity contribution in [2.24, 2.45) is 5.73 Å². The minimum absolute atomic E-state index is 0.339. The van der Waals surface area contributed by atoms with E-state index in [4.69, 9.17) is 5.73 Å². The number of allylic oxidation sites excluding steroid dienone is 3. The molecule has 0 atom stereocenters. The molecule has 0 unspecified atom stereocenters. The minimum atomic E-state index is -0.339. The molecule has 2 N–H and O–H groups in total. The third-order valence-electron chi connectivity index (χ3n) is 3.60. The number of unbranched alkanes of at least 4 members (excludes halogenated alkanes) is 10. The van der Waals surface area contributed by atoms with Crippen LogP contribution in [-0.4, -0.2) is 5.91 Å². The topological polar surface area (TPSA) is 43.1 Å². The molecule has 0 aliphatic rings. The van der Waals surface area contributed by atoms with Crippen LogP contribution in [0.3, 0.4) is 0 Å². The summed E-state index contributed by atoms with van der Waals surface area (Å²) in [5.41, 5.74) is 5.76. The van der Waals surface area contributed by atoms with Gasteiger partial charge in [-0.3, -0.25) is 4.79 Å². The van der Waals surface area contributed by atoms with Gasteiger partial charge < -0.3 is 5.73 Å². The molecule has 0 rings (SSSR count). The maximum Gasteiger partial charge on any atom is 0.244 e. The first-order chi connectivity index (χ1) is 9.68. The number of hydrogen-bond acceptors (Lipinski definition) is 1. The SMILES string of the molecule is CCCCCCCCCCCC/C=C/C=C(\C)C(N)=O. The van der Waals surface area contributed by atoms with Crippen LogP contribution >= 0.6 is 0 Å². The van der Waals surface area contributed by atoms with Gasteiger partial charge in [0, 0.05) is 5.57 Å². The molecule has 0 aromatic heterocycles. The largest absolute Gasteiger partial charge is 0.366 e. The molecule has 0 aromatic carbocycles. The van der Waals surface area contributed by atoms with E-state index in [9.17, 15) is 4.79 Å². The molecule has 0 heterocycles. The van der Waals surface area contributed by atoms with E-state index in [-0.39, 0.29) is 5.91 Å². The van der Waals surface area contributed by atoms with Crippen LogP contribution < -0.4 is 5.73 Å². The zero-order valence-electron chi connectivity index (χ0n) is 13.5. The third kappa shape index (κ3) is 13.4. The minimum Gasteiger partial charge on any atom is -0.366 e. The third-order valence-corrected chi connectivity index (χ3v) is 3.60. The Morgan fingerprint density at radius 2 is 1.40 bits per heavy atom. The molecule has 0 saturated heterocycles. The molecule has 116 valence electrons. The summed E-state index contributed by atoms with van der Waals surface area (Å²) < 4.78 is 0. The van der Waals surface area contributed by atoms with Gasteiger partial charge in [0.25, 0.3) is 0 Å². The summed E-state index contributed by atoms with van der Waals surface area (Å²) in [5, 5.41) is 0. The van der Waals surface area contributed by atoms with Gasteiger partial charge in [-0.15, -0.1) is 0 Å². The molecule has 0 radical (unpaired) electrons. The Morgan fingerprint density at radius 3 is 1.90 bits per heavy atom. The van der Waals surface area contributed by atoms with Crippen LogP contribution in [0.15, 0.2) is 23.8 Å². The summed E-state index contributed by atoms with van der Waals surface area (Å²) >= 11 is 0. The molecular weight excluding hydrogens is 246 g/mol. The second-order valence-corrected chi connectivity index (χ2v) is 5.61. The van der Waals surface area contributed by atoms with Crippen molar-refractivity contribution in [1.82, 2.24) is 0 Å². The van der Waals surface area contributed by atoms with E-state index >= 15 is 0 Å². The van der Waals surface area contributed by atoms with Gasteiger partial charge in [-0.1, -0.05) is 82.9 Å². The Bertz CT molecular complexity index is 292. The Hall–Kier alpha value is -1.05. The number of hydrogen-bond donors (Lipinski definition) is 1. The number of rotatable bonds is 13. The van der Waals surface area contributed by atoms with Crippen molar-refractivity contribution in [3.05, 3.63) is 23.8 Å². The Kier molecular flexibility index (Phi) is 13.6.